The van der Waals surface area contributed by atoms with Crippen LogP contribution < -0.4 is 21.3 Å². The van der Waals surface area contributed by atoms with E-state index < -0.39 is 28.8 Å². The standard InChI is InChI=1S/C29H34N6O5S/c1-18(2)32-27(37)29(4,5)35-24(36)23-19(3)25(34-15-10-14-31-34)41-26(23)33(28(35)38)17-22(40-16-9-13-30)20-11-7-8-12-21(20)39-6/h7-8,10-12,14-15,18,22H,9,16-17H2,1-6H3,(H,32,37)/t22-/m0/s1. The van der Waals surface area contributed by atoms with Crippen LogP contribution in [0.15, 0.2) is 52.3 Å². The number of thiophene rings is 1. The summed E-state index contributed by atoms with van der Waals surface area (Å²) in [5.41, 5.74) is -1.39. The molecule has 3 aromatic heterocycles. The van der Waals surface area contributed by atoms with Crippen molar-refractivity contribution in [3.63, 3.8) is 0 Å². The maximum Gasteiger partial charge on any atom is 0.333 e. The molecule has 41 heavy (non-hydrogen) atoms. The molecule has 0 spiro atoms. The molecule has 11 nitrogen and oxygen atoms in total. The topological polar surface area (TPSA) is 133 Å². The second-order valence-electron chi connectivity index (χ2n) is 10.4. The molecule has 0 aliphatic heterocycles. The van der Waals surface area contributed by atoms with Crippen LogP contribution in [0.5, 0.6) is 5.75 Å². The molecule has 0 saturated carbocycles. The van der Waals surface area contributed by atoms with E-state index in [2.05, 4.69) is 16.5 Å². The van der Waals surface area contributed by atoms with E-state index in [0.29, 0.717) is 32.1 Å². The first kappa shape index (κ1) is 29.8. The molecule has 0 aliphatic rings. The van der Waals surface area contributed by atoms with Gasteiger partial charge in [-0.25, -0.2) is 14.0 Å². The fourth-order valence-electron chi connectivity index (χ4n) is 4.72. The first-order chi connectivity index (χ1) is 19.5. The minimum Gasteiger partial charge on any atom is -0.496 e. The Labute approximate surface area is 241 Å². The highest BCUT2D eigenvalue weighted by molar-refractivity contribution is 7.21. The van der Waals surface area contributed by atoms with Gasteiger partial charge in [0.1, 0.15) is 27.2 Å². The molecule has 3 heterocycles. The van der Waals surface area contributed by atoms with Crippen molar-refractivity contribution in [1.29, 1.82) is 5.26 Å². The molecule has 0 bridgehead atoms. The van der Waals surface area contributed by atoms with Crippen molar-refractivity contribution in [3.8, 4) is 16.8 Å². The van der Waals surface area contributed by atoms with E-state index in [1.54, 1.807) is 57.1 Å². The third-order valence-electron chi connectivity index (χ3n) is 6.80. The number of amides is 1. The molecule has 1 N–H and O–H groups in total. The van der Waals surface area contributed by atoms with Crippen LogP contribution in [0.2, 0.25) is 0 Å². The van der Waals surface area contributed by atoms with Crippen molar-refractivity contribution >= 4 is 27.5 Å². The molecule has 1 atom stereocenters. The van der Waals surface area contributed by atoms with Gasteiger partial charge in [-0.1, -0.05) is 29.5 Å². The van der Waals surface area contributed by atoms with Gasteiger partial charge in [0.2, 0.25) is 5.91 Å². The van der Waals surface area contributed by atoms with Crippen LogP contribution in [0.4, 0.5) is 0 Å². The zero-order valence-electron chi connectivity index (χ0n) is 24.0. The molecule has 4 aromatic rings. The van der Waals surface area contributed by atoms with E-state index in [0.717, 1.165) is 4.57 Å². The van der Waals surface area contributed by atoms with Crippen LogP contribution in [0.1, 0.15) is 51.3 Å². The lowest BCUT2D eigenvalue weighted by atomic mass is 10.0. The minimum absolute atomic E-state index is 0.00178. The molecule has 4 rings (SSSR count). The lowest BCUT2D eigenvalue weighted by molar-refractivity contribution is -0.129. The van der Waals surface area contributed by atoms with Gasteiger partial charge in [0, 0.05) is 29.6 Å². The number of ether oxygens (including phenoxy) is 2. The van der Waals surface area contributed by atoms with E-state index in [-0.39, 0.29) is 25.6 Å². The number of nitrogens with one attached hydrogen (secondary N) is 1. The molecule has 0 radical (unpaired) electrons. The van der Waals surface area contributed by atoms with Crippen LogP contribution in [0, 0.1) is 18.3 Å². The van der Waals surface area contributed by atoms with Gasteiger partial charge in [-0.3, -0.25) is 14.2 Å². The van der Waals surface area contributed by atoms with Gasteiger partial charge >= 0.3 is 5.69 Å². The van der Waals surface area contributed by atoms with Crippen molar-refractivity contribution in [2.45, 2.75) is 65.3 Å². The Morgan fingerprint density at radius 2 is 1.95 bits per heavy atom. The second-order valence-corrected chi connectivity index (χ2v) is 11.4. The van der Waals surface area contributed by atoms with Crippen LogP contribution >= 0.6 is 11.3 Å². The van der Waals surface area contributed by atoms with Gasteiger partial charge in [0.25, 0.3) is 5.56 Å². The average molecular weight is 579 g/mol. The maximum absolute atomic E-state index is 14.3. The average Bonchev–Trinajstić information content (AvgIpc) is 3.58. The summed E-state index contributed by atoms with van der Waals surface area (Å²) < 4.78 is 15.9. The van der Waals surface area contributed by atoms with E-state index in [1.807, 2.05) is 32.0 Å². The largest absolute Gasteiger partial charge is 0.496 e. The number of hydrogen-bond acceptors (Lipinski definition) is 8. The SMILES string of the molecule is COc1ccccc1[C@H](Cn1c(=O)n(C(C)(C)C(=O)NC(C)C)c(=O)c2c(C)c(-n3cccn3)sc21)OCCC#N. The molecule has 1 amide bonds. The van der Waals surface area contributed by atoms with Crippen molar-refractivity contribution in [2.24, 2.45) is 0 Å². The quantitative estimate of drug-likeness (QED) is 0.269. The molecule has 216 valence electrons. The Kier molecular flexibility index (Phi) is 8.80. The van der Waals surface area contributed by atoms with Gasteiger partial charge in [-0.2, -0.15) is 10.4 Å². The summed E-state index contributed by atoms with van der Waals surface area (Å²) in [4.78, 5) is 42.1. The van der Waals surface area contributed by atoms with Gasteiger partial charge < -0.3 is 14.8 Å². The van der Waals surface area contributed by atoms with Gasteiger partial charge in [0.05, 0.1) is 38.1 Å². The smallest absolute Gasteiger partial charge is 0.333 e. The summed E-state index contributed by atoms with van der Waals surface area (Å²) in [6, 6.07) is 10.9. The highest BCUT2D eigenvalue weighted by atomic mass is 32.1. The Hall–Kier alpha value is -4.21. The number of carbonyl (C=O) groups excluding carboxylic acids is 1. The first-order valence-corrected chi connectivity index (χ1v) is 14.1. The number of aromatic nitrogens is 4. The fraction of sp³-hybridized carbons (Fsp3) is 0.414. The third kappa shape index (κ3) is 5.68. The van der Waals surface area contributed by atoms with Gasteiger partial charge in [0.15, 0.2) is 0 Å². The number of hydrogen-bond donors (Lipinski definition) is 1. The Morgan fingerprint density at radius 1 is 1.22 bits per heavy atom. The zero-order valence-corrected chi connectivity index (χ0v) is 24.8. The van der Waals surface area contributed by atoms with E-state index in [1.165, 1.54) is 15.9 Å². The summed E-state index contributed by atoms with van der Waals surface area (Å²) in [5, 5.41) is 17.3. The predicted octanol–water partition coefficient (Wildman–Crippen LogP) is 3.66. The lowest BCUT2D eigenvalue weighted by Crippen LogP contribution is -2.56. The number of fused-ring (bicyclic) bond motifs is 1. The Morgan fingerprint density at radius 3 is 2.59 bits per heavy atom. The molecule has 0 unspecified atom stereocenters. The molecular weight excluding hydrogens is 544 g/mol. The van der Waals surface area contributed by atoms with Gasteiger partial charge in [-0.15, -0.1) is 0 Å². The first-order valence-electron chi connectivity index (χ1n) is 13.2. The summed E-state index contributed by atoms with van der Waals surface area (Å²) in [6.45, 7) is 8.67. The highest BCUT2D eigenvalue weighted by Crippen LogP contribution is 2.34. The van der Waals surface area contributed by atoms with E-state index >= 15 is 0 Å². The van der Waals surface area contributed by atoms with Crippen molar-refractivity contribution in [2.75, 3.05) is 13.7 Å². The van der Waals surface area contributed by atoms with E-state index in [9.17, 15) is 14.4 Å². The van der Waals surface area contributed by atoms with E-state index in [4.69, 9.17) is 14.7 Å². The number of benzene rings is 1. The molecule has 0 saturated heterocycles. The second kappa shape index (κ2) is 12.1. The van der Waals surface area contributed by atoms with Crippen LogP contribution in [-0.4, -0.2) is 44.6 Å². The number of nitriles is 1. The number of methoxy groups -OCH3 is 1. The lowest BCUT2D eigenvalue weighted by Gasteiger charge is -2.28. The van der Waals surface area contributed by atoms with Crippen molar-refractivity contribution < 1.29 is 14.3 Å². The number of rotatable bonds is 11. The molecule has 0 aliphatic carbocycles. The Bertz CT molecular complexity index is 1710. The van der Waals surface area contributed by atoms with Crippen LogP contribution in [-0.2, 0) is 21.6 Å². The highest BCUT2D eigenvalue weighted by Gasteiger charge is 2.36. The third-order valence-corrected chi connectivity index (χ3v) is 8.11. The molecule has 0 fully saturated rings. The van der Waals surface area contributed by atoms with Crippen LogP contribution in [0.25, 0.3) is 15.2 Å². The van der Waals surface area contributed by atoms with Crippen molar-refractivity contribution in [1.82, 2.24) is 24.2 Å². The van der Waals surface area contributed by atoms with Gasteiger partial charge in [-0.05, 0) is 46.8 Å². The molecular formula is C29H34N6O5S. The number of aryl methyl sites for hydroxylation is 1. The summed E-state index contributed by atoms with van der Waals surface area (Å²) in [6.07, 6.45) is 2.85. The van der Waals surface area contributed by atoms with Crippen LogP contribution in [0.3, 0.4) is 0 Å². The summed E-state index contributed by atoms with van der Waals surface area (Å²) in [7, 11) is 1.55. The minimum atomic E-state index is -1.50. The normalized spacial score (nSPS) is 12.4. The summed E-state index contributed by atoms with van der Waals surface area (Å²) in [5.74, 6) is 0.104. The predicted molar refractivity (Wildman–Crippen MR) is 157 cm³/mol. The molecule has 12 heteroatoms. The summed E-state index contributed by atoms with van der Waals surface area (Å²) >= 11 is 1.26. The molecule has 1 aromatic carbocycles. The number of carbonyl (C=O) groups is 1. The van der Waals surface area contributed by atoms with Crippen molar-refractivity contribution in [3.05, 3.63) is 74.7 Å². The fourth-order valence-corrected chi connectivity index (χ4v) is 5.97. The number of para-hydroxylation sites is 1. The Balaban J connectivity index is 2.01. The zero-order chi connectivity index (χ0) is 29.9. The monoisotopic (exact) mass is 578 g/mol. The maximum atomic E-state index is 14.3. The number of nitrogens with zero attached hydrogens (tertiary/aromatic N) is 5.